The summed E-state index contributed by atoms with van der Waals surface area (Å²) in [7, 11) is 0. The molecule has 0 aliphatic carbocycles. The van der Waals surface area contributed by atoms with Crippen molar-refractivity contribution in [2.75, 3.05) is 13.1 Å². The molecule has 4 aliphatic heterocycles. The third-order valence-electron chi connectivity index (χ3n) is 22.4. The van der Waals surface area contributed by atoms with Crippen LogP contribution >= 0.6 is 46.2 Å². The lowest BCUT2D eigenvalue weighted by atomic mass is 9.93. The average molecular weight is 1450 g/mol. The maximum Gasteiger partial charge on any atom is 0.261 e. The molecule has 8 heteroatoms. The van der Waals surface area contributed by atoms with Gasteiger partial charge in [0, 0.05) is 48.5 Å². The van der Waals surface area contributed by atoms with Crippen molar-refractivity contribution in [3.63, 3.8) is 0 Å². The van der Waals surface area contributed by atoms with Gasteiger partial charge in [0.05, 0.1) is 27.0 Å². The second-order valence-corrected chi connectivity index (χ2v) is 35.3. The van der Waals surface area contributed by atoms with Crippen LogP contribution in [0.25, 0.3) is 48.1 Å². The van der Waals surface area contributed by atoms with Crippen LogP contribution < -0.4 is 0 Å². The van der Waals surface area contributed by atoms with Gasteiger partial charge in [-0.2, -0.15) is 0 Å². The van der Waals surface area contributed by atoms with Crippen LogP contribution in [0.4, 0.5) is 0 Å². The topological polar surface area (TPSA) is 40.6 Å². The summed E-state index contributed by atoms with van der Waals surface area (Å²) >= 11 is 7.58. The third-order valence-corrected chi connectivity index (χ3v) is 27.7. The van der Waals surface area contributed by atoms with E-state index in [-0.39, 0.29) is 17.1 Å². The van der Waals surface area contributed by atoms with E-state index < -0.39 is 0 Å². The molecular weight excluding hydrogens is 1320 g/mol. The normalized spacial score (nSPS) is 16.7. The molecule has 4 aliphatic rings. The summed E-state index contributed by atoms with van der Waals surface area (Å²) in [4.78, 5) is 45.1. The Hall–Kier alpha value is -5.12. The molecule has 0 saturated heterocycles. The molecule has 6 heterocycles. The van der Waals surface area contributed by atoms with Crippen molar-refractivity contribution in [1.29, 1.82) is 0 Å². The predicted molar refractivity (Wildman–Crippen MR) is 449 cm³/mol. The van der Waals surface area contributed by atoms with Crippen molar-refractivity contribution < 1.29 is 9.59 Å². The molecular formula is C94H128N2O2S4. The van der Waals surface area contributed by atoms with E-state index in [4.69, 9.17) is 0 Å². The highest BCUT2D eigenvalue weighted by atomic mass is 32.2. The molecule has 0 radical (unpaired) electrons. The zero-order valence-corrected chi connectivity index (χ0v) is 66.9. The lowest BCUT2D eigenvalue weighted by molar-refractivity contribution is -0.125. The summed E-state index contributed by atoms with van der Waals surface area (Å²) in [5.41, 5.74) is 10.9. The fraction of sp³-hybridized carbons (Fsp3) is 0.553. The molecule has 0 fully saturated rings. The minimum absolute atomic E-state index is 0.0293. The number of carbonyl (C=O) groups excluding carboxylic acids is 2. The maximum atomic E-state index is 16.6. The molecule has 10 rings (SSSR count). The van der Waals surface area contributed by atoms with Crippen LogP contribution in [0.5, 0.6) is 0 Å². The minimum Gasteiger partial charge on any atom is -0.310 e. The number of carbonyl (C=O) groups is 2. The van der Waals surface area contributed by atoms with Gasteiger partial charge in [0.1, 0.15) is 0 Å². The van der Waals surface area contributed by atoms with E-state index >= 15 is 9.59 Å². The summed E-state index contributed by atoms with van der Waals surface area (Å²) in [6, 6.07) is 48.8. The number of allylic oxidation sites excluding steroid dienone is 2. The van der Waals surface area contributed by atoms with Gasteiger partial charge in [-0.3, -0.25) is 9.59 Å². The number of hydrogen-bond donors (Lipinski definition) is 0. The van der Waals surface area contributed by atoms with Gasteiger partial charge in [-0.25, -0.2) is 0 Å². The first-order valence-electron chi connectivity index (χ1n) is 41.7. The van der Waals surface area contributed by atoms with E-state index in [9.17, 15) is 0 Å². The third kappa shape index (κ3) is 23.9. The summed E-state index contributed by atoms with van der Waals surface area (Å²) in [6.07, 6.45) is 58.5. The van der Waals surface area contributed by atoms with Crippen molar-refractivity contribution in [1.82, 2.24) is 9.80 Å². The Balaban J connectivity index is 0.968. The molecule has 0 bridgehead atoms. The Morgan fingerprint density at radius 2 is 0.647 bits per heavy atom. The molecule has 0 saturated carbocycles. The van der Waals surface area contributed by atoms with Gasteiger partial charge in [0.15, 0.2) is 0 Å². The predicted octanol–water partition coefficient (Wildman–Crippen LogP) is 30.2. The van der Waals surface area contributed by atoms with Crippen LogP contribution in [0.2, 0.25) is 0 Å². The Morgan fingerprint density at radius 1 is 0.324 bits per heavy atom. The van der Waals surface area contributed by atoms with Gasteiger partial charge in [-0.15, -0.1) is 46.2 Å². The number of thiophene rings is 2. The second-order valence-electron chi connectivity index (χ2n) is 30.6. The highest BCUT2D eigenvalue weighted by Gasteiger charge is 2.52. The Morgan fingerprint density at radius 3 is 1.08 bits per heavy atom. The zero-order chi connectivity index (χ0) is 70.8. The van der Waals surface area contributed by atoms with Crippen molar-refractivity contribution in [3.05, 3.63) is 183 Å². The Labute approximate surface area is 636 Å². The minimum atomic E-state index is -0.0293. The van der Waals surface area contributed by atoms with Gasteiger partial charge in [0.2, 0.25) is 0 Å². The van der Waals surface area contributed by atoms with E-state index in [0.29, 0.717) is 35.7 Å². The lowest BCUT2D eigenvalue weighted by Gasteiger charge is -2.31. The molecule has 0 spiro atoms. The van der Waals surface area contributed by atoms with Gasteiger partial charge in [-0.1, -0.05) is 380 Å². The van der Waals surface area contributed by atoms with Crippen molar-refractivity contribution >= 4 is 63.7 Å². The van der Waals surface area contributed by atoms with Crippen LogP contribution in [0, 0.1) is 11.8 Å². The zero-order valence-electron chi connectivity index (χ0n) is 63.6. The van der Waals surface area contributed by atoms with Crippen molar-refractivity contribution in [2.24, 2.45) is 11.8 Å². The second kappa shape index (κ2) is 44.8. The molecule has 4 aromatic carbocycles. The summed E-state index contributed by atoms with van der Waals surface area (Å²) in [5.74, 6) is 0.903. The SMILES string of the molecule is CCCCCCCCCCCCC(CCCCCCCCCC)CN1C(=O)C2=C(C3CC=C(C4=CCC(c5ccc(-c6ccccc6)cc5)S4)S3)N(CC(CCCCCCCCCC)CCCCCCCCCCCC)C(=O)C2=C1c1ccc(-c2ccc(-c3ccc(-c4ccccc4)cc3)s2)s1. The number of thioether (sulfide) groups is 2. The fourth-order valence-corrected chi connectivity index (χ4v) is 21.2. The quantitative estimate of drug-likeness (QED) is 0.0357. The van der Waals surface area contributed by atoms with E-state index in [2.05, 4.69) is 183 Å². The number of fused-ring (bicyclic) bond motifs is 1. The first-order valence-corrected chi connectivity index (χ1v) is 45.1. The lowest BCUT2D eigenvalue weighted by Crippen LogP contribution is -2.37. The number of hydrogen-bond acceptors (Lipinski definition) is 6. The van der Waals surface area contributed by atoms with Crippen molar-refractivity contribution in [2.45, 2.75) is 308 Å². The number of nitrogens with zero attached hydrogens (tertiary/aromatic N) is 2. The summed E-state index contributed by atoms with van der Waals surface area (Å²) in [5, 5.41) is 0.322. The monoisotopic (exact) mass is 1440 g/mol. The van der Waals surface area contributed by atoms with E-state index in [1.54, 1.807) is 11.3 Å². The van der Waals surface area contributed by atoms with Gasteiger partial charge in [-0.05, 0) is 108 Å². The number of benzene rings is 4. The number of amides is 2. The standard InChI is InChI=1S/C94H128N2O2S4/c1-5-9-13-17-21-25-27-31-35-41-49-73(47-39-33-29-23-19-15-11-7-3)71-95-91(87-69-67-85(101-87)83-65-63-81(99-83)79-59-55-77(56-60-79)75-51-43-37-44-52-75)89-90(93(95)97)92(88-70-68-86(102-88)84-66-64-82(100-84)80-61-57-78(58-62-80)76-53-45-38-46-54-76)96(94(89)98)72-74(48-40-34-30-24-20-16-12-8-4)50-42-36-32-28-26-22-18-14-10-6-2/h37-38,43-46,51-63,65-69,73-74,82,88H,5-36,39-42,47-50,64,70-72H2,1-4H3. The van der Waals surface area contributed by atoms with E-state index in [0.717, 1.165) is 60.4 Å². The molecule has 550 valence electrons. The smallest absolute Gasteiger partial charge is 0.261 e. The molecule has 4 nitrogen and oxygen atoms in total. The largest absolute Gasteiger partial charge is 0.310 e. The van der Waals surface area contributed by atoms with Gasteiger partial charge >= 0.3 is 0 Å². The van der Waals surface area contributed by atoms with Crippen LogP contribution in [-0.2, 0) is 9.59 Å². The van der Waals surface area contributed by atoms with Crippen LogP contribution in [-0.4, -0.2) is 40.0 Å². The average Bonchev–Trinajstić information content (AvgIpc) is 1.55. The highest BCUT2D eigenvalue weighted by molar-refractivity contribution is 8.09. The Kier molecular flexibility index (Phi) is 34.9. The van der Waals surface area contributed by atoms with Gasteiger partial charge in [0.25, 0.3) is 11.8 Å². The first-order chi connectivity index (χ1) is 50.3. The van der Waals surface area contributed by atoms with Crippen molar-refractivity contribution in [3.8, 4) is 42.4 Å². The van der Waals surface area contributed by atoms with E-state index in [1.807, 2.05) is 34.9 Å². The summed E-state index contributed by atoms with van der Waals surface area (Å²) < 4.78 is 0. The fourth-order valence-electron chi connectivity index (χ4n) is 16.3. The van der Waals surface area contributed by atoms with Crippen LogP contribution in [0.1, 0.15) is 313 Å². The van der Waals surface area contributed by atoms with Crippen LogP contribution in [0.3, 0.4) is 0 Å². The Bertz CT molecular complexity index is 3530. The number of rotatable bonds is 52. The molecule has 4 unspecified atom stereocenters. The molecule has 102 heavy (non-hydrogen) atoms. The molecule has 4 atom stereocenters. The molecule has 6 aromatic rings. The van der Waals surface area contributed by atoms with Crippen LogP contribution in [0.15, 0.2) is 172 Å². The number of unbranched alkanes of at least 4 members (excludes halogenated alkanes) is 32. The highest BCUT2D eigenvalue weighted by Crippen LogP contribution is 2.56. The maximum absolute atomic E-state index is 16.6. The summed E-state index contributed by atoms with van der Waals surface area (Å²) in [6.45, 7) is 10.6. The molecule has 0 N–H and O–H groups in total. The molecule has 2 aromatic heterocycles. The first kappa shape index (κ1) is 79.4. The molecule has 2 amide bonds. The van der Waals surface area contributed by atoms with Gasteiger partial charge < -0.3 is 9.80 Å². The van der Waals surface area contributed by atoms with E-state index in [1.165, 1.54) is 289 Å².